The number of hydrogen-bond donors (Lipinski definition) is 1. The Balaban J connectivity index is 1.77. The highest BCUT2D eigenvalue weighted by atomic mass is 35.5. The van der Waals surface area contributed by atoms with Crippen molar-refractivity contribution >= 4 is 23.4 Å². The van der Waals surface area contributed by atoms with Gasteiger partial charge >= 0.3 is 0 Å². The van der Waals surface area contributed by atoms with Gasteiger partial charge in [-0.15, -0.1) is 0 Å². The lowest BCUT2D eigenvalue weighted by Crippen LogP contribution is -2.34. The number of rotatable bonds is 5. The molecule has 1 aliphatic carbocycles. The van der Waals surface area contributed by atoms with E-state index >= 15 is 0 Å². The number of amides is 2. The van der Waals surface area contributed by atoms with Crippen molar-refractivity contribution in [2.45, 2.75) is 25.4 Å². The number of carbonyl (C=O) groups is 2. The summed E-state index contributed by atoms with van der Waals surface area (Å²) >= 11 is 6.38. The van der Waals surface area contributed by atoms with Gasteiger partial charge < -0.3 is 10.6 Å². The lowest BCUT2D eigenvalue weighted by molar-refractivity contribution is 0.0655. The zero-order valence-corrected chi connectivity index (χ0v) is 16.3. The molecule has 0 saturated carbocycles. The molecule has 7 heteroatoms. The average molecular weight is 407 g/mol. The molecule has 4 rings (SSSR count). The first kappa shape index (κ1) is 19.1. The molecule has 3 aromatic rings. The highest BCUT2D eigenvalue weighted by Crippen LogP contribution is 2.40. The van der Waals surface area contributed by atoms with Crippen molar-refractivity contribution in [2.24, 2.45) is 5.73 Å². The van der Waals surface area contributed by atoms with Crippen LogP contribution in [0.4, 0.5) is 0 Å². The SMILES string of the molecule is NC(=O)c1ncccc1CN(C(=O)c1cccnc1)[C@@H]1CCc2c(Cl)cccc21. The summed E-state index contributed by atoms with van der Waals surface area (Å²) in [5.41, 5.74) is 8.83. The Kier molecular flexibility index (Phi) is 5.27. The number of primary amides is 1. The van der Waals surface area contributed by atoms with Crippen LogP contribution < -0.4 is 5.73 Å². The minimum atomic E-state index is -0.621. The molecule has 0 unspecified atom stereocenters. The molecule has 0 aliphatic heterocycles. The molecule has 0 saturated heterocycles. The number of carbonyl (C=O) groups excluding carboxylic acids is 2. The van der Waals surface area contributed by atoms with Crippen molar-refractivity contribution in [1.29, 1.82) is 0 Å². The predicted octanol–water partition coefficient (Wildman–Crippen LogP) is 3.56. The third-order valence-corrected chi connectivity index (χ3v) is 5.55. The second-order valence-corrected chi connectivity index (χ2v) is 7.32. The van der Waals surface area contributed by atoms with E-state index in [2.05, 4.69) is 9.97 Å². The Bertz CT molecular complexity index is 1070. The summed E-state index contributed by atoms with van der Waals surface area (Å²) in [6.45, 7) is 0.205. The number of halogens is 1. The van der Waals surface area contributed by atoms with E-state index < -0.39 is 5.91 Å². The fourth-order valence-corrected chi connectivity index (χ4v) is 4.14. The van der Waals surface area contributed by atoms with Crippen LogP contribution in [0.25, 0.3) is 0 Å². The Morgan fingerprint density at radius 1 is 1.14 bits per heavy atom. The Labute approximate surface area is 173 Å². The van der Waals surface area contributed by atoms with Gasteiger partial charge in [-0.1, -0.05) is 29.8 Å². The zero-order valence-electron chi connectivity index (χ0n) is 15.6. The van der Waals surface area contributed by atoms with Crippen LogP contribution in [0.15, 0.2) is 61.1 Å². The van der Waals surface area contributed by atoms with Gasteiger partial charge in [-0.2, -0.15) is 0 Å². The number of benzene rings is 1. The molecule has 1 aromatic carbocycles. The number of pyridine rings is 2. The van der Waals surface area contributed by atoms with Gasteiger partial charge in [0.15, 0.2) is 0 Å². The summed E-state index contributed by atoms with van der Waals surface area (Å²) in [5, 5.41) is 0.706. The average Bonchev–Trinajstić information content (AvgIpc) is 3.17. The van der Waals surface area contributed by atoms with Crippen LogP contribution in [0.1, 0.15) is 50.0 Å². The van der Waals surface area contributed by atoms with Gasteiger partial charge in [-0.05, 0) is 48.2 Å². The summed E-state index contributed by atoms with van der Waals surface area (Å²) in [6, 6.07) is 12.5. The Morgan fingerprint density at radius 3 is 2.72 bits per heavy atom. The first-order chi connectivity index (χ1) is 14.1. The predicted molar refractivity (Wildman–Crippen MR) is 109 cm³/mol. The van der Waals surface area contributed by atoms with E-state index in [1.165, 1.54) is 6.20 Å². The van der Waals surface area contributed by atoms with E-state index in [0.717, 1.165) is 24.0 Å². The van der Waals surface area contributed by atoms with Gasteiger partial charge in [0, 0.05) is 35.7 Å². The molecule has 2 heterocycles. The minimum absolute atomic E-state index is 0.167. The third kappa shape index (κ3) is 3.71. The molecule has 1 aliphatic rings. The van der Waals surface area contributed by atoms with E-state index in [-0.39, 0.29) is 24.2 Å². The minimum Gasteiger partial charge on any atom is -0.364 e. The molecule has 29 heavy (non-hydrogen) atoms. The number of nitrogens with zero attached hydrogens (tertiary/aromatic N) is 3. The number of hydrogen-bond acceptors (Lipinski definition) is 4. The first-order valence-corrected chi connectivity index (χ1v) is 9.66. The monoisotopic (exact) mass is 406 g/mol. The van der Waals surface area contributed by atoms with E-state index in [0.29, 0.717) is 16.1 Å². The van der Waals surface area contributed by atoms with Crippen molar-refractivity contribution in [2.75, 3.05) is 0 Å². The third-order valence-electron chi connectivity index (χ3n) is 5.19. The van der Waals surface area contributed by atoms with Crippen molar-refractivity contribution in [3.63, 3.8) is 0 Å². The van der Waals surface area contributed by atoms with Crippen molar-refractivity contribution in [1.82, 2.24) is 14.9 Å². The number of nitrogens with two attached hydrogens (primary N) is 1. The largest absolute Gasteiger partial charge is 0.364 e. The highest BCUT2D eigenvalue weighted by Gasteiger charge is 2.33. The molecule has 0 radical (unpaired) electrons. The summed E-state index contributed by atoms with van der Waals surface area (Å²) in [7, 11) is 0. The quantitative estimate of drug-likeness (QED) is 0.701. The van der Waals surface area contributed by atoms with Crippen molar-refractivity contribution < 1.29 is 9.59 Å². The standard InChI is InChI=1S/C22H19ClN4O2/c23-18-7-1-6-17-16(18)8-9-19(17)27(22(29)14-4-2-10-25-12-14)13-15-5-3-11-26-20(15)21(24)28/h1-7,10-12,19H,8-9,13H2,(H2,24,28)/t19-/m1/s1. The van der Waals surface area contributed by atoms with Crippen molar-refractivity contribution in [3.05, 3.63) is 94.0 Å². The van der Waals surface area contributed by atoms with Crippen molar-refractivity contribution in [3.8, 4) is 0 Å². The maximum atomic E-state index is 13.4. The summed E-state index contributed by atoms with van der Waals surface area (Å²) in [4.78, 5) is 35.2. The summed E-state index contributed by atoms with van der Waals surface area (Å²) in [5.74, 6) is -0.792. The van der Waals surface area contributed by atoms with E-state index in [4.69, 9.17) is 17.3 Å². The topological polar surface area (TPSA) is 89.2 Å². The van der Waals surface area contributed by atoms with Gasteiger partial charge in [0.25, 0.3) is 11.8 Å². The van der Waals surface area contributed by atoms with Gasteiger partial charge in [-0.3, -0.25) is 19.6 Å². The fourth-order valence-electron chi connectivity index (χ4n) is 3.86. The molecular formula is C22H19ClN4O2. The lowest BCUT2D eigenvalue weighted by Gasteiger charge is -2.30. The molecule has 0 fully saturated rings. The first-order valence-electron chi connectivity index (χ1n) is 9.28. The lowest BCUT2D eigenvalue weighted by atomic mass is 10.0. The van der Waals surface area contributed by atoms with Crippen LogP contribution in [-0.2, 0) is 13.0 Å². The molecule has 2 aromatic heterocycles. The molecule has 2 amide bonds. The maximum absolute atomic E-state index is 13.4. The second kappa shape index (κ2) is 8.01. The van der Waals surface area contributed by atoms with E-state index in [1.54, 1.807) is 41.6 Å². The van der Waals surface area contributed by atoms with Gasteiger partial charge in [-0.25, -0.2) is 0 Å². The second-order valence-electron chi connectivity index (χ2n) is 6.91. The highest BCUT2D eigenvalue weighted by molar-refractivity contribution is 6.31. The molecule has 1 atom stereocenters. The Hall–Kier alpha value is -3.25. The smallest absolute Gasteiger partial charge is 0.267 e. The maximum Gasteiger partial charge on any atom is 0.267 e. The number of fused-ring (bicyclic) bond motifs is 1. The van der Waals surface area contributed by atoms with E-state index in [9.17, 15) is 9.59 Å². The Morgan fingerprint density at radius 2 is 1.97 bits per heavy atom. The molecular weight excluding hydrogens is 388 g/mol. The summed E-state index contributed by atoms with van der Waals surface area (Å²) in [6.07, 6.45) is 6.21. The van der Waals surface area contributed by atoms with Crippen LogP contribution in [0, 0.1) is 0 Å². The normalized spacial score (nSPS) is 15.0. The van der Waals surface area contributed by atoms with Gasteiger partial charge in [0.2, 0.25) is 0 Å². The van der Waals surface area contributed by atoms with E-state index in [1.807, 2.05) is 18.2 Å². The van der Waals surface area contributed by atoms with Gasteiger partial charge in [0.05, 0.1) is 11.6 Å². The molecule has 146 valence electrons. The molecule has 0 bridgehead atoms. The summed E-state index contributed by atoms with van der Waals surface area (Å²) < 4.78 is 0. The molecule has 6 nitrogen and oxygen atoms in total. The fraction of sp³-hybridized carbons (Fsp3) is 0.182. The van der Waals surface area contributed by atoms with Crippen LogP contribution in [0.2, 0.25) is 5.02 Å². The zero-order chi connectivity index (χ0) is 20.4. The molecule has 0 spiro atoms. The van der Waals surface area contributed by atoms with Crippen LogP contribution in [0.3, 0.4) is 0 Å². The number of aromatic nitrogens is 2. The van der Waals surface area contributed by atoms with Crippen LogP contribution in [0.5, 0.6) is 0 Å². The van der Waals surface area contributed by atoms with Crippen LogP contribution >= 0.6 is 11.6 Å². The molecule has 2 N–H and O–H groups in total. The van der Waals surface area contributed by atoms with Crippen LogP contribution in [-0.4, -0.2) is 26.7 Å². The van der Waals surface area contributed by atoms with Gasteiger partial charge in [0.1, 0.15) is 5.69 Å².